The van der Waals surface area contributed by atoms with Gasteiger partial charge in [0.05, 0.1) is 56.1 Å². The molecular formula is C56H30N4O2. The van der Waals surface area contributed by atoms with Crippen LogP contribution in [-0.4, -0.2) is 9.13 Å². The van der Waals surface area contributed by atoms with E-state index >= 15 is 0 Å². The third-order valence-electron chi connectivity index (χ3n) is 12.6. The van der Waals surface area contributed by atoms with Gasteiger partial charge >= 0.3 is 0 Å². The van der Waals surface area contributed by atoms with Gasteiger partial charge in [-0.05, 0) is 108 Å². The normalized spacial score (nSPS) is 11.8. The number of rotatable bonds is 4. The second kappa shape index (κ2) is 12.8. The summed E-state index contributed by atoms with van der Waals surface area (Å²) in [6, 6.07) is 67.1. The number of aromatic nitrogens is 2. The number of benzene rings is 9. The van der Waals surface area contributed by atoms with Crippen LogP contribution < -0.4 is 0 Å². The molecule has 62 heavy (non-hydrogen) atoms. The fourth-order valence-corrected chi connectivity index (χ4v) is 9.86. The minimum Gasteiger partial charge on any atom is -0.455 e. The zero-order chi connectivity index (χ0) is 41.1. The Morgan fingerprint density at radius 2 is 0.919 bits per heavy atom. The van der Waals surface area contributed by atoms with E-state index in [4.69, 9.17) is 8.83 Å². The fourth-order valence-electron chi connectivity index (χ4n) is 9.86. The number of hydrogen-bond acceptors (Lipinski definition) is 4. The molecule has 0 spiro atoms. The molecule has 6 nitrogen and oxygen atoms in total. The Morgan fingerprint density at radius 1 is 0.371 bits per heavy atom. The van der Waals surface area contributed by atoms with E-state index in [0.717, 1.165) is 121 Å². The number of fused-ring (bicyclic) bond motifs is 14. The van der Waals surface area contributed by atoms with Gasteiger partial charge in [-0.3, -0.25) is 0 Å². The summed E-state index contributed by atoms with van der Waals surface area (Å²) < 4.78 is 18.0. The second-order valence-electron chi connectivity index (χ2n) is 15.9. The monoisotopic (exact) mass is 790 g/mol. The highest BCUT2D eigenvalue weighted by Crippen LogP contribution is 2.44. The third kappa shape index (κ3) is 4.78. The standard InChI is InChI=1S/C56H30N4O2/c57-31-33-10-9-11-35(26-33)46-29-34(20-21-36(46)32-58)37-27-38(59-47-16-5-1-14-44(47)53-49(59)24-22-42-40-12-3-7-18-51(40)61-55(42)53)30-39(28-37)60-48-17-6-2-15-45(48)54-50(60)25-23-43-41-13-4-8-19-52(41)62-56(43)54/h1-30H. The first-order valence-corrected chi connectivity index (χ1v) is 20.5. The van der Waals surface area contributed by atoms with E-state index in [2.05, 4.69) is 143 Å². The Morgan fingerprint density at radius 3 is 1.48 bits per heavy atom. The van der Waals surface area contributed by atoms with Gasteiger partial charge in [0.25, 0.3) is 0 Å². The van der Waals surface area contributed by atoms with Gasteiger partial charge in [0, 0.05) is 49.3 Å². The average molecular weight is 791 g/mol. The van der Waals surface area contributed by atoms with Gasteiger partial charge < -0.3 is 18.0 Å². The van der Waals surface area contributed by atoms with Crippen LogP contribution in [-0.2, 0) is 0 Å². The quantitative estimate of drug-likeness (QED) is 0.178. The van der Waals surface area contributed by atoms with E-state index in [-0.39, 0.29) is 0 Å². The van der Waals surface area contributed by atoms with Crippen LogP contribution in [0.5, 0.6) is 0 Å². The summed E-state index contributed by atoms with van der Waals surface area (Å²) in [5, 5.41) is 28.7. The maximum Gasteiger partial charge on any atom is 0.145 e. The van der Waals surface area contributed by atoms with Gasteiger partial charge in [0.1, 0.15) is 22.3 Å². The molecule has 0 N–H and O–H groups in total. The molecule has 0 aliphatic carbocycles. The third-order valence-corrected chi connectivity index (χ3v) is 12.6. The summed E-state index contributed by atoms with van der Waals surface area (Å²) in [4.78, 5) is 0. The molecule has 6 heteroatoms. The molecule has 0 unspecified atom stereocenters. The van der Waals surface area contributed by atoms with Crippen LogP contribution >= 0.6 is 0 Å². The van der Waals surface area contributed by atoms with Crippen LogP contribution in [0, 0.1) is 22.7 Å². The van der Waals surface area contributed by atoms with Crippen LogP contribution in [0.15, 0.2) is 191 Å². The van der Waals surface area contributed by atoms with Crippen LogP contribution in [0.25, 0.3) is 121 Å². The molecule has 0 saturated heterocycles. The lowest BCUT2D eigenvalue weighted by atomic mass is 9.94. The molecule has 0 aliphatic heterocycles. The van der Waals surface area contributed by atoms with Gasteiger partial charge in [0.2, 0.25) is 0 Å². The zero-order valence-electron chi connectivity index (χ0n) is 32.9. The minimum atomic E-state index is 0.537. The summed E-state index contributed by atoms with van der Waals surface area (Å²) in [6.45, 7) is 0. The Balaban J connectivity index is 1.14. The van der Waals surface area contributed by atoms with Crippen molar-refractivity contribution in [3.05, 3.63) is 193 Å². The van der Waals surface area contributed by atoms with Crippen molar-refractivity contribution in [3.63, 3.8) is 0 Å². The molecule has 0 amide bonds. The lowest BCUT2D eigenvalue weighted by Gasteiger charge is -2.16. The van der Waals surface area contributed by atoms with Crippen LogP contribution in [0.1, 0.15) is 11.1 Å². The lowest BCUT2D eigenvalue weighted by Crippen LogP contribution is -2.00. The number of hydrogen-bond donors (Lipinski definition) is 0. The maximum atomic E-state index is 10.3. The molecule has 0 saturated carbocycles. The summed E-state index contributed by atoms with van der Waals surface area (Å²) in [5.41, 5.74) is 14.1. The smallest absolute Gasteiger partial charge is 0.145 e. The molecular weight excluding hydrogens is 761 g/mol. The molecule has 0 aliphatic rings. The molecule has 286 valence electrons. The summed E-state index contributed by atoms with van der Waals surface area (Å²) in [7, 11) is 0. The summed E-state index contributed by atoms with van der Waals surface area (Å²) >= 11 is 0. The number of furan rings is 2. The highest BCUT2D eigenvalue weighted by Gasteiger charge is 2.23. The predicted octanol–water partition coefficient (Wildman–Crippen LogP) is 14.8. The van der Waals surface area contributed by atoms with Crippen molar-refractivity contribution in [2.24, 2.45) is 0 Å². The van der Waals surface area contributed by atoms with E-state index in [9.17, 15) is 10.5 Å². The first-order chi connectivity index (χ1) is 30.6. The molecule has 9 aromatic carbocycles. The van der Waals surface area contributed by atoms with E-state index in [1.165, 1.54) is 0 Å². The van der Waals surface area contributed by atoms with Gasteiger partial charge in [-0.1, -0.05) is 91.0 Å². The summed E-state index contributed by atoms with van der Waals surface area (Å²) in [6.07, 6.45) is 0. The lowest BCUT2D eigenvalue weighted by molar-refractivity contribution is 0.672. The second-order valence-corrected chi connectivity index (χ2v) is 15.9. The van der Waals surface area contributed by atoms with E-state index in [0.29, 0.717) is 11.1 Å². The first kappa shape index (κ1) is 34.1. The van der Waals surface area contributed by atoms with Crippen molar-refractivity contribution in [2.75, 3.05) is 0 Å². The molecule has 13 aromatic rings. The molecule has 4 aromatic heterocycles. The van der Waals surface area contributed by atoms with Crippen LogP contribution in [0.4, 0.5) is 0 Å². The van der Waals surface area contributed by atoms with E-state index in [1.54, 1.807) is 6.07 Å². The molecule has 13 rings (SSSR count). The van der Waals surface area contributed by atoms with Crippen molar-refractivity contribution in [1.29, 1.82) is 10.5 Å². The van der Waals surface area contributed by atoms with Crippen LogP contribution in [0.2, 0.25) is 0 Å². The zero-order valence-corrected chi connectivity index (χ0v) is 32.9. The van der Waals surface area contributed by atoms with E-state index in [1.807, 2.05) is 54.6 Å². The molecule has 0 bridgehead atoms. The Labute approximate surface area is 353 Å². The van der Waals surface area contributed by atoms with E-state index < -0.39 is 0 Å². The summed E-state index contributed by atoms with van der Waals surface area (Å²) in [5.74, 6) is 0. The number of para-hydroxylation sites is 4. The number of nitriles is 2. The minimum absolute atomic E-state index is 0.537. The van der Waals surface area contributed by atoms with Crippen LogP contribution in [0.3, 0.4) is 0 Å². The molecule has 0 fully saturated rings. The van der Waals surface area contributed by atoms with Crippen molar-refractivity contribution < 1.29 is 8.83 Å². The topological polar surface area (TPSA) is 83.7 Å². The highest BCUT2D eigenvalue weighted by atomic mass is 16.3. The Kier molecular flexibility index (Phi) is 7.05. The fraction of sp³-hybridized carbons (Fsp3) is 0. The Hall–Kier alpha value is -8.84. The van der Waals surface area contributed by atoms with Gasteiger partial charge in [0.15, 0.2) is 0 Å². The maximum absolute atomic E-state index is 10.3. The SMILES string of the molecule is N#Cc1cccc(-c2cc(-c3cc(-n4c5ccccc5c5c6oc7ccccc7c6ccc54)cc(-n4c5ccccc5c5c6oc7ccccc7c6ccc54)c3)ccc2C#N)c1. The van der Waals surface area contributed by atoms with Crippen molar-refractivity contribution >= 4 is 87.5 Å². The Bertz CT molecular complexity index is 3940. The highest BCUT2D eigenvalue weighted by molar-refractivity contribution is 6.25. The first-order valence-electron chi connectivity index (χ1n) is 20.5. The van der Waals surface area contributed by atoms with Gasteiger partial charge in [-0.25, -0.2) is 0 Å². The number of nitrogens with zero attached hydrogens (tertiary/aromatic N) is 4. The van der Waals surface area contributed by atoms with Gasteiger partial charge in [-0.15, -0.1) is 0 Å². The predicted molar refractivity (Wildman–Crippen MR) is 250 cm³/mol. The van der Waals surface area contributed by atoms with Crippen molar-refractivity contribution in [2.45, 2.75) is 0 Å². The molecule has 0 radical (unpaired) electrons. The molecule has 0 atom stereocenters. The van der Waals surface area contributed by atoms with Gasteiger partial charge in [-0.2, -0.15) is 10.5 Å². The largest absolute Gasteiger partial charge is 0.455 e. The molecule has 4 heterocycles. The van der Waals surface area contributed by atoms with Crippen molar-refractivity contribution in [3.8, 4) is 45.8 Å². The average Bonchev–Trinajstić information content (AvgIpc) is 4.08. The van der Waals surface area contributed by atoms with Crippen molar-refractivity contribution in [1.82, 2.24) is 9.13 Å².